The van der Waals surface area contributed by atoms with Crippen LogP contribution in [0.1, 0.15) is 67.6 Å². The number of likely N-dealkylation sites (N-methyl/N-ethyl adjacent to an activating group) is 1. The van der Waals surface area contributed by atoms with Gasteiger partial charge in [-0.3, -0.25) is 4.79 Å². The summed E-state index contributed by atoms with van der Waals surface area (Å²) in [6, 6.07) is 10.5. The van der Waals surface area contributed by atoms with Crippen LogP contribution in [0.15, 0.2) is 35.5 Å². The second kappa shape index (κ2) is 11.7. The lowest BCUT2D eigenvalue weighted by molar-refractivity contribution is 0.0951. The van der Waals surface area contributed by atoms with E-state index in [1.54, 1.807) is 11.8 Å². The number of nitrogens with zero attached hydrogens (tertiary/aromatic N) is 4. The lowest BCUT2D eigenvalue weighted by Crippen LogP contribution is -2.38. The van der Waals surface area contributed by atoms with Crippen molar-refractivity contribution in [2.24, 2.45) is 0 Å². The summed E-state index contributed by atoms with van der Waals surface area (Å²) in [5.74, 6) is 2.10. The normalized spacial score (nSPS) is 16.6. The predicted molar refractivity (Wildman–Crippen MR) is 134 cm³/mol. The summed E-state index contributed by atoms with van der Waals surface area (Å²) in [4.78, 5) is 26.7. The van der Waals surface area contributed by atoms with Gasteiger partial charge in [-0.25, -0.2) is 9.97 Å². The van der Waals surface area contributed by atoms with Gasteiger partial charge >= 0.3 is 0 Å². The maximum atomic E-state index is 12.5. The molecule has 7 heteroatoms. The van der Waals surface area contributed by atoms with Crippen molar-refractivity contribution in [2.45, 2.75) is 62.9 Å². The Morgan fingerprint density at radius 2 is 2.06 bits per heavy atom. The van der Waals surface area contributed by atoms with Crippen molar-refractivity contribution in [1.29, 1.82) is 0 Å². The van der Waals surface area contributed by atoms with Gasteiger partial charge in [-0.15, -0.1) is 0 Å². The molecule has 32 heavy (non-hydrogen) atoms. The van der Waals surface area contributed by atoms with Crippen molar-refractivity contribution in [3.63, 3.8) is 0 Å². The molecule has 1 aliphatic heterocycles. The van der Waals surface area contributed by atoms with E-state index in [4.69, 9.17) is 9.97 Å². The minimum Gasteiger partial charge on any atom is -0.354 e. The van der Waals surface area contributed by atoms with E-state index in [1.165, 1.54) is 19.3 Å². The van der Waals surface area contributed by atoms with Crippen LogP contribution < -0.4 is 10.2 Å². The van der Waals surface area contributed by atoms with Crippen LogP contribution in [-0.2, 0) is 5.75 Å². The third-order valence-corrected chi connectivity index (χ3v) is 6.72. The summed E-state index contributed by atoms with van der Waals surface area (Å²) >= 11 is 1.64. The molecular formula is C25H37N5OS. The van der Waals surface area contributed by atoms with Gasteiger partial charge in [0.05, 0.1) is 0 Å². The van der Waals surface area contributed by atoms with Gasteiger partial charge < -0.3 is 15.1 Å². The number of hydrogen-bond acceptors (Lipinski definition) is 6. The van der Waals surface area contributed by atoms with E-state index in [1.807, 2.05) is 32.3 Å². The highest BCUT2D eigenvalue weighted by molar-refractivity contribution is 7.98. The van der Waals surface area contributed by atoms with Crippen LogP contribution >= 0.6 is 11.8 Å². The molecule has 3 rings (SSSR count). The molecule has 0 radical (unpaired) electrons. The van der Waals surface area contributed by atoms with Crippen LogP contribution in [0.5, 0.6) is 0 Å². The first-order valence-electron chi connectivity index (χ1n) is 11.6. The molecule has 1 aromatic carbocycles. The first-order chi connectivity index (χ1) is 15.3. The minimum atomic E-state index is -0.0295. The van der Waals surface area contributed by atoms with E-state index in [9.17, 15) is 4.79 Å². The molecule has 1 atom stereocenters. The van der Waals surface area contributed by atoms with Crippen LogP contribution in [-0.4, -0.2) is 60.5 Å². The summed E-state index contributed by atoms with van der Waals surface area (Å²) in [6.45, 7) is 9.17. The Morgan fingerprint density at radius 1 is 1.25 bits per heavy atom. The number of rotatable bonds is 9. The molecule has 1 saturated heterocycles. The van der Waals surface area contributed by atoms with E-state index < -0.39 is 0 Å². The Kier molecular flexibility index (Phi) is 8.93. The van der Waals surface area contributed by atoms with E-state index in [2.05, 4.69) is 48.0 Å². The van der Waals surface area contributed by atoms with Crippen molar-refractivity contribution in [1.82, 2.24) is 20.2 Å². The van der Waals surface area contributed by atoms with E-state index in [0.717, 1.165) is 41.1 Å². The topological polar surface area (TPSA) is 61.4 Å². The molecular weight excluding hydrogens is 418 g/mol. The van der Waals surface area contributed by atoms with Gasteiger partial charge in [0.1, 0.15) is 5.82 Å². The average Bonchev–Trinajstić information content (AvgIpc) is 2.77. The SMILES string of the molecule is CC(C)c1cc(N2CCCCC2C)nc(SCc2cccc(C(=O)NCCN(C)C)c2)n1. The lowest BCUT2D eigenvalue weighted by atomic mass is 10.0. The van der Waals surface area contributed by atoms with Crippen molar-refractivity contribution in [2.75, 3.05) is 38.6 Å². The van der Waals surface area contributed by atoms with Crippen molar-refractivity contribution >= 4 is 23.5 Å². The fraction of sp³-hybridized carbons (Fsp3) is 0.560. The monoisotopic (exact) mass is 455 g/mol. The number of amides is 1. The van der Waals surface area contributed by atoms with Gasteiger partial charge in [-0.05, 0) is 63.9 Å². The van der Waals surface area contributed by atoms with Crippen molar-refractivity contribution < 1.29 is 4.79 Å². The molecule has 6 nitrogen and oxygen atoms in total. The zero-order valence-electron chi connectivity index (χ0n) is 20.1. The average molecular weight is 456 g/mol. The Balaban J connectivity index is 1.70. The maximum absolute atomic E-state index is 12.5. The number of nitrogens with one attached hydrogen (secondary N) is 1. The van der Waals surface area contributed by atoms with Gasteiger partial charge in [0.2, 0.25) is 0 Å². The molecule has 2 heterocycles. The molecule has 1 N–H and O–H groups in total. The molecule has 1 unspecified atom stereocenters. The van der Waals surface area contributed by atoms with Crippen LogP contribution in [0.25, 0.3) is 0 Å². The highest BCUT2D eigenvalue weighted by atomic mass is 32.2. The molecule has 174 valence electrons. The standard InChI is InChI=1S/C25H37N5OS/c1-18(2)22-16-23(30-13-7-6-9-19(30)3)28-25(27-22)32-17-20-10-8-11-21(15-20)24(31)26-12-14-29(4)5/h8,10-11,15-16,18-19H,6-7,9,12-14,17H2,1-5H3,(H,26,31). The first kappa shape index (κ1) is 24.5. The van der Waals surface area contributed by atoms with Crippen LogP contribution in [0, 0.1) is 0 Å². The first-order valence-corrected chi connectivity index (χ1v) is 12.6. The predicted octanol–water partition coefficient (Wildman–Crippen LogP) is 4.56. The Bertz CT molecular complexity index is 902. The van der Waals surface area contributed by atoms with Gasteiger partial charge in [0, 0.05) is 48.8 Å². The van der Waals surface area contributed by atoms with Gasteiger partial charge in [-0.2, -0.15) is 0 Å². The van der Waals surface area contributed by atoms with Crippen LogP contribution in [0.2, 0.25) is 0 Å². The van der Waals surface area contributed by atoms with Crippen molar-refractivity contribution in [3.8, 4) is 0 Å². The number of piperidine rings is 1. The quantitative estimate of drug-likeness (QED) is 0.442. The second-order valence-electron chi connectivity index (χ2n) is 9.17. The summed E-state index contributed by atoms with van der Waals surface area (Å²) < 4.78 is 0. The van der Waals surface area contributed by atoms with E-state index in [0.29, 0.717) is 24.1 Å². The van der Waals surface area contributed by atoms with Gasteiger partial charge in [-0.1, -0.05) is 37.7 Å². The fourth-order valence-electron chi connectivity index (χ4n) is 3.82. The molecule has 0 saturated carbocycles. The molecule has 0 aliphatic carbocycles. The second-order valence-corrected chi connectivity index (χ2v) is 10.1. The largest absolute Gasteiger partial charge is 0.354 e. The molecule has 1 aliphatic rings. The molecule has 1 amide bonds. The maximum Gasteiger partial charge on any atom is 0.251 e. The molecule has 2 aromatic rings. The minimum absolute atomic E-state index is 0.0295. The summed E-state index contributed by atoms with van der Waals surface area (Å²) in [7, 11) is 4.00. The highest BCUT2D eigenvalue weighted by Gasteiger charge is 2.21. The summed E-state index contributed by atoms with van der Waals surface area (Å²) in [5.41, 5.74) is 2.88. The van der Waals surface area contributed by atoms with E-state index >= 15 is 0 Å². The fourth-order valence-corrected chi connectivity index (χ4v) is 4.62. The Morgan fingerprint density at radius 3 is 2.78 bits per heavy atom. The third kappa shape index (κ3) is 6.94. The number of carbonyl (C=O) groups excluding carboxylic acids is 1. The smallest absolute Gasteiger partial charge is 0.251 e. The van der Waals surface area contributed by atoms with Gasteiger partial charge in [0.25, 0.3) is 5.91 Å². The third-order valence-electron chi connectivity index (χ3n) is 5.80. The zero-order valence-corrected chi connectivity index (χ0v) is 20.9. The van der Waals surface area contributed by atoms with Crippen LogP contribution in [0.4, 0.5) is 5.82 Å². The summed E-state index contributed by atoms with van der Waals surface area (Å²) in [5, 5.41) is 3.79. The highest BCUT2D eigenvalue weighted by Crippen LogP contribution is 2.29. The van der Waals surface area contributed by atoms with Crippen molar-refractivity contribution in [3.05, 3.63) is 47.2 Å². The number of thioether (sulfide) groups is 1. The Hall–Kier alpha value is -2.12. The van der Waals surface area contributed by atoms with Crippen LogP contribution in [0.3, 0.4) is 0 Å². The molecule has 1 fully saturated rings. The zero-order chi connectivity index (χ0) is 23.1. The van der Waals surface area contributed by atoms with E-state index in [-0.39, 0.29) is 5.91 Å². The van der Waals surface area contributed by atoms with Gasteiger partial charge in [0.15, 0.2) is 5.16 Å². The number of hydrogen-bond donors (Lipinski definition) is 1. The number of aromatic nitrogens is 2. The summed E-state index contributed by atoms with van der Waals surface area (Å²) in [6.07, 6.45) is 3.73. The molecule has 0 spiro atoms. The number of benzene rings is 1. The molecule has 0 bridgehead atoms. The number of carbonyl (C=O) groups is 1. The lowest BCUT2D eigenvalue weighted by Gasteiger charge is -2.34. The molecule has 1 aromatic heterocycles. The number of anilines is 1. The Labute approximate surface area is 197 Å².